The van der Waals surface area contributed by atoms with E-state index >= 15 is 0 Å². The second-order valence-electron chi connectivity index (χ2n) is 7.83. The fourth-order valence-electron chi connectivity index (χ4n) is 3.14. The van der Waals surface area contributed by atoms with Crippen molar-refractivity contribution in [2.24, 2.45) is 0 Å². The van der Waals surface area contributed by atoms with E-state index < -0.39 is 17.8 Å². The normalized spacial score (nSPS) is 18.1. The second-order valence-corrected chi connectivity index (χ2v) is 7.83. The molecule has 2 aromatic heterocycles. The zero-order chi connectivity index (χ0) is 19.8. The number of hydrogen-bond donors (Lipinski definition) is 0. The van der Waals surface area contributed by atoms with Gasteiger partial charge in [0.15, 0.2) is 5.78 Å². The highest BCUT2D eigenvalue weighted by Crippen LogP contribution is 2.31. The number of rotatable bonds is 4. The molecular formula is C19H22F3N3O2. The molecule has 8 heteroatoms. The lowest BCUT2D eigenvalue weighted by atomic mass is 9.93. The summed E-state index contributed by atoms with van der Waals surface area (Å²) in [6.45, 7) is 6.57. The highest BCUT2D eigenvalue weighted by atomic mass is 19.4. The van der Waals surface area contributed by atoms with Gasteiger partial charge >= 0.3 is 6.18 Å². The quantitative estimate of drug-likeness (QED) is 0.796. The number of ketones is 1. The van der Waals surface area contributed by atoms with Crippen LogP contribution in [-0.4, -0.2) is 28.5 Å². The number of pyridine rings is 1. The average Bonchev–Trinajstić information content (AvgIpc) is 3.22. The van der Waals surface area contributed by atoms with Crippen molar-refractivity contribution in [1.82, 2.24) is 10.1 Å². The molecule has 1 fully saturated rings. The molecule has 2 aromatic rings. The van der Waals surface area contributed by atoms with Crippen molar-refractivity contribution in [3.8, 4) is 0 Å². The van der Waals surface area contributed by atoms with Crippen LogP contribution in [0.25, 0.3) is 0 Å². The van der Waals surface area contributed by atoms with Gasteiger partial charge in [-0.25, -0.2) is 4.98 Å². The molecule has 0 N–H and O–H groups in total. The summed E-state index contributed by atoms with van der Waals surface area (Å²) < 4.78 is 43.4. The lowest BCUT2D eigenvalue weighted by Crippen LogP contribution is -2.37. The fourth-order valence-corrected chi connectivity index (χ4v) is 3.14. The zero-order valence-electron chi connectivity index (χ0n) is 15.5. The van der Waals surface area contributed by atoms with Gasteiger partial charge < -0.3 is 9.42 Å². The fraction of sp³-hybridized carbons (Fsp3) is 0.526. The van der Waals surface area contributed by atoms with E-state index in [0.29, 0.717) is 30.2 Å². The van der Waals surface area contributed by atoms with Crippen LogP contribution in [0.15, 0.2) is 28.9 Å². The van der Waals surface area contributed by atoms with Crippen LogP contribution in [0.5, 0.6) is 0 Å². The number of nitrogens with zero attached hydrogens (tertiary/aromatic N) is 3. The molecule has 27 heavy (non-hydrogen) atoms. The number of hydrogen-bond acceptors (Lipinski definition) is 5. The van der Waals surface area contributed by atoms with Gasteiger partial charge in [-0.2, -0.15) is 13.2 Å². The Kier molecular flexibility index (Phi) is 5.01. The van der Waals surface area contributed by atoms with Crippen LogP contribution in [-0.2, 0) is 22.8 Å². The second kappa shape index (κ2) is 6.98. The van der Waals surface area contributed by atoms with Gasteiger partial charge in [0.25, 0.3) is 0 Å². The number of Topliss-reactive ketones (excluding diaryl/α,β-unsaturated/α-hetero) is 1. The Morgan fingerprint density at radius 1 is 1.30 bits per heavy atom. The molecule has 1 saturated heterocycles. The van der Waals surface area contributed by atoms with Crippen molar-refractivity contribution in [3.63, 3.8) is 0 Å². The molecule has 1 atom stereocenters. The third kappa shape index (κ3) is 4.31. The molecule has 0 saturated carbocycles. The molecule has 0 amide bonds. The maximum absolute atomic E-state index is 12.8. The number of alkyl halides is 3. The summed E-state index contributed by atoms with van der Waals surface area (Å²) in [6.07, 6.45) is -2.07. The number of carbonyl (C=O) groups excluding carboxylic acids is 1. The number of aromatic nitrogens is 2. The van der Waals surface area contributed by atoms with E-state index in [1.54, 1.807) is 11.0 Å². The molecule has 1 aliphatic heterocycles. The molecule has 0 unspecified atom stereocenters. The van der Waals surface area contributed by atoms with Gasteiger partial charge in [0.1, 0.15) is 11.6 Å². The van der Waals surface area contributed by atoms with Gasteiger partial charge in [-0.1, -0.05) is 25.9 Å². The third-order valence-electron chi connectivity index (χ3n) is 4.65. The van der Waals surface area contributed by atoms with Crippen LogP contribution >= 0.6 is 0 Å². The summed E-state index contributed by atoms with van der Waals surface area (Å²) in [7, 11) is 0. The summed E-state index contributed by atoms with van der Waals surface area (Å²) in [5.41, 5.74) is -0.430. The number of halogens is 3. The highest BCUT2D eigenvalue weighted by molar-refractivity contribution is 5.89. The van der Waals surface area contributed by atoms with Gasteiger partial charge in [0.2, 0.25) is 0 Å². The first-order valence-corrected chi connectivity index (χ1v) is 8.84. The minimum atomic E-state index is -4.43. The highest BCUT2D eigenvalue weighted by Gasteiger charge is 2.34. The van der Waals surface area contributed by atoms with Crippen molar-refractivity contribution in [3.05, 3.63) is 41.4 Å². The summed E-state index contributed by atoms with van der Waals surface area (Å²) in [6, 6.07) is 3.69. The van der Waals surface area contributed by atoms with Crippen molar-refractivity contribution < 1.29 is 22.5 Å². The maximum Gasteiger partial charge on any atom is 0.417 e. The molecule has 1 aliphatic rings. The zero-order valence-corrected chi connectivity index (χ0v) is 15.5. The summed E-state index contributed by atoms with van der Waals surface area (Å²) in [5.74, 6) is 1.05. The first-order chi connectivity index (χ1) is 12.6. The standard InChI is InChI=1S/C19H22F3N3O2/c1-18(2,3)16-10-13(24-27-16)9-15(26)14-5-4-8-25(14)17-7-6-12(11-23-17)19(20,21)22/h6-7,10-11,14H,4-5,8-9H2,1-3H3/t14-/m1/s1. The Balaban J connectivity index is 1.72. The summed E-state index contributed by atoms with van der Waals surface area (Å²) in [4.78, 5) is 18.4. The lowest BCUT2D eigenvalue weighted by Gasteiger charge is -2.24. The molecule has 5 nitrogen and oxygen atoms in total. The summed E-state index contributed by atoms with van der Waals surface area (Å²) in [5, 5.41) is 3.98. The first-order valence-electron chi connectivity index (χ1n) is 8.84. The van der Waals surface area contributed by atoms with Crippen molar-refractivity contribution in [2.45, 2.75) is 57.7 Å². The molecular weight excluding hydrogens is 359 g/mol. The smallest absolute Gasteiger partial charge is 0.361 e. The van der Waals surface area contributed by atoms with Gasteiger partial charge in [-0.15, -0.1) is 0 Å². The van der Waals surface area contributed by atoms with E-state index in [4.69, 9.17) is 4.52 Å². The Morgan fingerprint density at radius 3 is 2.59 bits per heavy atom. The molecule has 0 aromatic carbocycles. The minimum absolute atomic E-state index is 0.0389. The Morgan fingerprint density at radius 2 is 2.04 bits per heavy atom. The van der Waals surface area contributed by atoms with E-state index in [9.17, 15) is 18.0 Å². The Hall–Kier alpha value is -2.38. The Labute approximate surface area is 155 Å². The molecule has 0 spiro atoms. The largest absolute Gasteiger partial charge is 0.417 e. The molecule has 3 rings (SSSR count). The number of carbonyl (C=O) groups is 1. The number of anilines is 1. The minimum Gasteiger partial charge on any atom is -0.361 e. The maximum atomic E-state index is 12.8. The van der Waals surface area contributed by atoms with Crippen LogP contribution in [0.3, 0.4) is 0 Å². The average molecular weight is 381 g/mol. The van der Waals surface area contributed by atoms with Crippen molar-refractivity contribution in [2.75, 3.05) is 11.4 Å². The third-order valence-corrected chi connectivity index (χ3v) is 4.65. The lowest BCUT2D eigenvalue weighted by molar-refractivity contribution is -0.137. The van der Waals surface area contributed by atoms with E-state index in [1.165, 1.54) is 6.07 Å². The molecule has 0 bridgehead atoms. The first kappa shape index (κ1) is 19.4. The van der Waals surface area contributed by atoms with Crippen LogP contribution in [0.2, 0.25) is 0 Å². The predicted octanol–water partition coefficient (Wildman–Crippen LogP) is 4.17. The van der Waals surface area contributed by atoms with E-state index in [2.05, 4.69) is 10.1 Å². The monoisotopic (exact) mass is 381 g/mol. The molecule has 3 heterocycles. The summed E-state index contributed by atoms with van der Waals surface area (Å²) >= 11 is 0. The molecule has 146 valence electrons. The topological polar surface area (TPSA) is 59.2 Å². The SMILES string of the molecule is CC(C)(C)c1cc(CC(=O)[C@H]2CCCN2c2ccc(C(F)(F)F)cn2)no1. The van der Waals surface area contributed by atoms with Crippen LogP contribution in [0.1, 0.15) is 50.6 Å². The van der Waals surface area contributed by atoms with Crippen molar-refractivity contribution in [1.29, 1.82) is 0 Å². The van der Waals surface area contributed by atoms with Gasteiger partial charge in [0, 0.05) is 24.2 Å². The van der Waals surface area contributed by atoms with Crippen LogP contribution in [0.4, 0.5) is 19.0 Å². The molecule has 0 aliphatic carbocycles. The van der Waals surface area contributed by atoms with Crippen LogP contribution < -0.4 is 4.90 Å². The van der Waals surface area contributed by atoms with Gasteiger partial charge in [-0.3, -0.25) is 4.79 Å². The van der Waals surface area contributed by atoms with Gasteiger partial charge in [0.05, 0.1) is 23.7 Å². The van der Waals surface area contributed by atoms with Crippen LogP contribution in [0, 0.1) is 0 Å². The molecule has 0 radical (unpaired) electrons. The van der Waals surface area contributed by atoms with E-state index in [0.717, 1.165) is 18.7 Å². The van der Waals surface area contributed by atoms with Gasteiger partial charge in [-0.05, 0) is 25.0 Å². The predicted molar refractivity (Wildman–Crippen MR) is 93.5 cm³/mol. The Bertz CT molecular complexity index is 807. The van der Waals surface area contributed by atoms with E-state index in [1.807, 2.05) is 20.8 Å². The van der Waals surface area contributed by atoms with Crippen molar-refractivity contribution >= 4 is 11.6 Å². The van der Waals surface area contributed by atoms with E-state index in [-0.39, 0.29) is 17.6 Å².